The summed E-state index contributed by atoms with van der Waals surface area (Å²) in [7, 11) is 0. The van der Waals surface area contributed by atoms with Gasteiger partial charge in [-0.05, 0) is 25.5 Å². The molecule has 18 heavy (non-hydrogen) atoms. The molecule has 1 atom stereocenters. The van der Waals surface area contributed by atoms with Gasteiger partial charge in [0.05, 0.1) is 11.0 Å². The first-order valence-electron chi connectivity index (χ1n) is 5.98. The van der Waals surface area contributed by atoms with Gasteiger partial charge in [0.1, 0.15) is 5.82 Å². The van der Waals surface area contributed by atoms with Gasteiger partial charge in [-0.3, -0.25) is 15.0 Å². The van der Waals surface area contributed by atoms with Gasteiger partial charge in [-0.1, -0.05) is 0 Å². The van der Waals surface area contributed by atoms with Crippen molar-refractivity contribution in [3.63, 3.8) is 0 Å². The zero-order valence-electron chi connectivity index (χ0n) is 10.0. The quantitative estimate of drug-likeness (QED) is 0.654. The summed E-state index contributed by atoms with van der Waals surface area (Å²) < 4.78 is 13.7. The first-order valence-corrected chi connectivity index (χ1v) is 5.98. The van der Waals surface area contributed by atoms with E-state index in [1.165, 1.54) is 12.1 Å². The highest BCUT2D eigenvalue weighted by Crippen LogP contribution is 2.22. The fourth-order valence-electron chi connectivity index (χ4n) is 2.37. The highest BCUT2D eigenvalue weighted by Gasteiger charge is 2.24. The van der Waals surface area contributed by atoms with E-state index in [2.05, 4.69) is 4.90 Å². The number of nitro benzene ring substituents is 1. The van der Waals surface area contributed by atoms with Gasteiger partial charge >= 0.3 is 0 Å². The molecule has 1 saturated heterocycles. The van der Waals surface area contributed by atoms with Crippen molar-refractivity contribution in [1.29, 1.82) is 0 Å². The summed E-state index contributed by atoms with van der Waals surface area (Å²) in [6, 6.07) is 4.09. The molecule has 0 aromatic heterocycles. The summed E-state index contributed by atoms with van der Waals surface area (Å²) >= 11 is 0. The standard InChI is InChI=1S/C12H16FN3O2/c13-12-6-10(16(17)18)4-3-9(12)8-15-5-1-2-11(15)7-14/h3-4,6,11H,1-2,5,7-8,14H2. The maximum absolute atomic E-state index is 13.7. The smallest absolute Gasteiger partial charge is 0.272 e. The van der Waals surface area contributed by atoms with Gasteiger partial charge < -0.3 is 5.73 Å². The minimum Gasteiger partial charge on any atom is -0.329 e. The summed E-state index contributed by atoms with van der Waals surface area (Å²) in [4.78, 5) is 12.1. The third kappa shape index (κ3) is 2.65. The summed E-state index contributed by atoms with van der Waals surface area (Å²) in [6.45, 7) is 1.93. The second-order valence-corrected chi connectivity index (χ2v) is 4.54. The van der Waals surface area contributed by atoms with Crippen LogP contribution in [0.2, 0.25) is 0 Å². The maximum Gasteiger partial charge on any atom is 0.272 e. The normalized spacial score (nSPS) is 20.2. The molecule has 2 rings (SSSR count). The molecule has 1 aromatic carbocycles. The molecule has 2 N–H and O–H groups in total. The largest absolute Gasteiger partial charge is 0.329 e. The minimum absolute atomic E-state index is 0.215. The number of nitro groups is 1. The van der Waals surface area contributed by atoms with E-state index in [0.717, 1.165) is 25.5 Å². The van der Waals surface area contributed by atoms with Crippen molar-refractivity contribution in [3.05, 3.63) is 39.7 Å². The lowest BCUT2D eigenvalue weighted by molar-refractivity contribution is -0.385. The van der Waals surface area contributed by atoms with Crippen LogP contribution in [0.5, 0.6) is 0 Å². The number of halogens is 1. The number of nitrogens with zero attached hydrogens (tertiary/aromatic N) is 2. The van der Waals surface area contributed by atoms with Crippen LogP contribution in [0.4, 0.5) is 10.1 Å². The van der Waals surface area contributed by atoms with Gasteiger partial charge in [-0.2, -0.15) is 0 Å². The first kappa shape index (κ1) is 12.9. The van der Waals surface area contributed by atoms with E-state index in [1.54, 1.807) is 0 Å². The second-order valence-electron chi connectivity index (χ2n) is 4.54. The highest BCUT2D eigenvalue weighted by atomic mass is 19.1. The average molecular weight is 253 g/mol. The molecular formula is C12H16FN3O2. The van der Waals surface area contributed by atoms with Gasteiger partial charge in [-0.15, -0.1) is 0 Å². The molecule has 0 amide bonds. The molecule has 0 spiro atoms. The van der Waals surface area contributed by atoms with E-state index in [-0.39, 0.29) is 5.69 Å². The Morgan fingerprint density at radius 2 is 2.33 bits per heavy atom. The van der Waals surface area contributed by atoms with Crippen LogP contribution >= 0.6 is 0 Å². The van der Waals surface area contributed by atoms with Gasteiger partial charge in [0.2, 0.25) is 0 Å². The number of nitrogens with two attached hydrogens (primary N) is 1. The van der Waals surface area contributed by atoms with Crippen LogP contribution in [-0.4, -0.2) is 29.0 Å². The molecule has 0 radical (unpaired) electrons. The van der Waals surface area contributed by atoms with Crippen molar-refractivity contribution in [2.75, 3.05) is 13.1 Å². The Morgan fingerprint density at radius 3 is 2.94 bits per heavy atom. The molecule has 1 aliphatic rings. The van der Waals surface area contributed by atoms with Crippen LogP contribution in [-0.2, 0) is 6.54 Å². The van der Waals surface area contributed by atoms with Gasteiger partial charge in [0, 0.05) is 30.8 Å². The molecule has 0 bridgehead atoms. The van der Waals surface area contributed by atoms with Gasteiger partial charge in [0.15, 0.2) is 0 Å². The zero-order chi connectivity index (χ0) is 13.1. The van der Waals surface area contributed by atoms with Gasteiger partial charge in [0.25, 0.3) is 5.69 Å². The summed E-state index contributed by atoms with van der Waals surface area (Å²) in [5.41, 5.74) is 5.93. The molecular weight excluding hydrogens is 237 g/mol. The van der Waals surface area contributed by atoms with Gasteiger partial charge in [-0.25, -0.2) is 4.39 Å². The van der Waals surface area contributed by atoms with E-state index in [9.17, 15) is 14.5 Å². The molecule has 1 fully saturated rings. The van der Waals surface area contributed by atoms with E-state index < -0.39 is 10.7 Å². The van der Waals surface area contributed by atoms with E-state index in [1.807, 2.05) is 0 Å². The highest BCUT2D eigenvalue weighted by molar-refractivity contribution is 5.34. The van der Waals surface area contributed by atoms with Crippen molar-refractivity contribution in [1.82, 2.24) is 4.90 Å². The zero-order valence-corrected chi connectivity index (χ0v) is 10.0. The fraction of sp³-hybridized carbons (Fsp3) is 0.500. The number of non-ortho nitro benzene ring substituents is 1. The Kier molecular flexibility index (Phi) is 3.88. The maximum atomic E-state index is 13.7. The SMILES string of the molecule is NCC1CCCN1Cc1ccc([N+](=O)[O-])cc1F. The Hall–Kier alpha value is -1.53. The summed E-state index contributed by atoms with van der Waals surface area (Å²) in [5.74, 6) is -0.521. The van der Waals surface area contributed by atoms with Crippen LogP contribution in [0, 0.1) is 15.9 Å². The Morgan fingerprint density at radius 1 is 1.56 bits per heavy atom. The van der Waals surface area contributed by atoms with Crippen LogP contribution < -0.4 is 5.73 Å². The van der Waals surface area contributed by atoms with Crippen LogP contribution in [0.15, 0.2) is 18.2 Å². The third-order valence-corrected chi connectivity index (χ3v) is 3.39. The van der Waals surface area contributed by atoms with Crippen molar-refractivity contribution in [2.24, 2.45) is 5.73 Å². The molecule has 0 aliphatic carbocycles. The number of hydrogen-bond donors (Lipinski definition) is 1. The minimum atomic E-state index is -0.592. The van der Waals surface area contributed by atoms with Crippen molar-refractivity contribution >= 4 is 5.69 Å². The molecule has 1 aliphatic heterocycles. The van der Waals surface area contributed by atoms with E-state index in [4.69, 9.17) is 5.73 Å². The lowest BCUT2D eigenvalue weighted by Crippen LogP contribution is -2.35. The lowest BCUT2D eigenvalue weighted by atomic mass is 10.1. The third-order valence-electron chi connectivity index (χ3n) is 3.39. The number of rotatable bonds is 4. The summed E-state index contributed by atoms with van der Waals surface area (Å²) in [5, 5.41) is 10.5. The molecule has 6 heteroatoms. The number of benzene rings is 1. The number of hydrogen-bond acceptors (Lipinski definition) is 4. The van der Waals surface area contributed by atoms with E-state index >= 15 is 0 Å². The Bertz CT molecular complexity index is 453. The molecule has 5 nitrogen and oxygen atoms in total. The number of likely N-dealkylation sites (tertiary alicyclic amines) is 1. The lowest BCUT2D eigenvalue weighted by Gasteiger charge is -2.23. The average Bonchev–Trinajstić information content (AvgIpc) is 2.78. The predicted octanol–water partition coefficient (Wildman–Crippen LogP) is 1.66. The van der Waals surface area contributed by atoms with Crippen molar-refractivity contribution < 1.29 is 9.31 Å². The topological polar surface area (TPSA) is 72.4 Å². The Balaban J connectivity index is 2.12. The molecule has 0 saturated carbocycles. The summed E-state index contributed by atoms with van der Waals surface area (Å²) in [6.07, 6.45) is 2.10. The predicted molar refractivity (Wildman–Crippen MR) is 65.5 cm³/mol. The van der Waals surface area contributed by atoms with Crippen molar-refractivity contribution in [3.8, 4) is 0 Å². The monoisotopic (exact) mass is 253 g/mol. The molecule has 1 aromatic rings. The van der Waals surface area contributed by atoms with Crippen LogP contribution in [0.25, 0.3) is 0 Å². The Labute approximate surface area is 105 Å². The van der Waals surface area contributed by atoms with Crippen LogP contribution in [0.1, 0.15) is 18.4 Å². The molecule has 98 valence electrons. The van der Waals surface area contributed by atoms with Crippen molar-refractivity contribution in [2.45, 2.75) is 25.4 Å². The molecule has 1 unspecified atom stereocenters. The van der Waals surface area contributed by atoms with Crippen LogP contribution in [0.3, 0.4) is 0 Å². The molecule has 1 heterocycles. The second kappa shape index (κ2) is 5.41. The fourth-order valence-corrected chi connectivity index (χ4v) is 2.37. The first-order chi connectivity index (χ1) is 8.61. The van der Waals surface area contributed by atoms with E-state index in [0.29, 0.717) is 24.7 Å².